The Hall–Kier alpha value is -2.42. The Kier molecular flexibility index (Phi) is 7.41. The lowest BCUT2D eigenvalue weighted by Gasteiger charge is -2.28. The lowest BCUT2D eigenvalue weighted by atomic mass is 9.97. The summed E-state index contributed by atoms with van der Waals surface area (Å²) >= 11 is 6.08. The van der Waals surface area contributed by atoms with E-state index in [1.807, 2.05) is 24.3 Å². The molecule has 0 heterocycles. The highest BCUT2D eigenvalue weighted by Crippen LogP contribution is 2.25. The topological polar surface area (TPSA) is 3.24 Å². The van der Waals surface area contributed by atoms with E-state index in [2.05, 4.69) is 66.4 Å². The van der Waals surface area contributed by atoms with E-state index in [-0.39, 0.29) is 11.9 Å². The molecule has 3 rings (SSSR count). The lowest BCUT2D eigenvalue weighted by Crippen LogP contribution is -2.29. The van der Waals surface area contributed by atoms with Crippen molar-refractivity contribution in [3.05, 3.63) is 114 Å². The fourth-order valence-corrected chi connectivity index (χ4v) is 3.57. The summed E-state index contributed by atoms with van der Waals surface area (Å²) in [6.45, 7) is 3.65. The van der Waals surface area contributed by atoms with Crippen LogP contribution in [0.1, 0.15) is 29.7 Å². The largest absolute Gasteiger partial charge is 0.292 e. The first-order chi connectivity index (χ1) is 13.7. The number of hydrogen-bond donors (Lipinski definition) is 0. The van der Waals surface area contributed by atoms with Crippen LogP contribution in [0.3, 0.4) is 0 Å². The molecule has 0 saturated carbocycles. The smallest absolute Gasteiger partial charge is 0.123 e. The van der Waals surface area contributed by atoms with E-state index < -0.39 is 0 Å². The first kappa shape index (κ1) is 20.3. The number of rotatable bonds is 8. The van der Waals surface area contributed by atoms with Gasteiger partial charge in [0.15, 0.2) is 0 Å². The predicted molar refractivity (Wildman–Crippen MR) is 117 cm³/mol. The first-order valence-corrected chi connectivity index (χ1v) is 10.1. The van der Waals surface area contributed by atoms with Crippen LogP contribution in [0.2, 0.25) is 0 Å². The Morgan fingerprint density at radius 1 is 0.893 bits per heavy atom. The van der Waals surface area contributed by atoms with E-state index in [4.69, 9.17) is 11.6 Å². The molecule has 28 heavy (non-hydrogen) atoms. The molecular formula is C25H25ClFN. The monoisotopic (exact) mass is 393 g/mol. The molecule has 144 valence electrons. The third-order valence-electron chi connectivity index (χ3n) is 4.97. The second-order valence-corrected chi connectivity index (χ2v) is 7.14. The van der Waals surface area contributed by atoms with Crippen LogP contribution in [0.25, 0.3) is 5.57 Å². The van der Waals surface area contributed by atoms with E-state index in [1.165, 1.54) is 28.8 Å². The highest BCUT2D eigenvalue weighted by atomic mass is 35.5. The van der Waals surface area contributed by atoms with Crippen molar-refractivity contribution in [1.82, 2.24) is 4.90 Å². The van der Waals surface area contributed by atoms with Crippen molar-refractivity contribution < 1.29 is 4.39 Å². The molecule has 3 aromatic carbocycles. The van der Waals surface area contributed by atoms with E-state index in [0.717, 1.165) is 18.7 Å². The quantitative estimate of drug-likeness (QED) is 0.392. The van der Waals surface area contributed by atoms with Gasteiger partial charge in [0.05, 0.1) is 0 Å². The van der Waals surface area contributed by atoms with Crippen LogP contribution in [-0.2, 0) is 0 Å². The predicted octanol–water partition coefficient (Wildman–Crippen LogP) is 6.56. The number of hydrogen-bond acceptors (Lipinski definition) is 1. The Bertz CT molecular complexity index is 834. The SMILES string of the molecule is CC(c1ccc(F)cc1)N(CC=C(c1ccccc1)c1ccccc1)CCCl. The molecule has 0 aliphatic heterocycles. The first-order valence-electron chi connectivity index (χ1n) is 9.55. The van der Waals surface area contributed by atoms with Crippen LogP contribution in [0, 0.1) is 5.82 Å². The average molecular weight is 394 g/mol. The molecule has 0 N–H and O–H groups in total. The lowest BCUT2D eigenvalue weighted by molar-refractivity contribution is 0.248. The molecule has 0 fully saturated rings. The molecule has 0 bridgehead atoms. The van der Waals surface area contributed by atoms with Crippen molar-refractivity contribution >= 4 is 17.2 Å². The molecule has 3 heteroatoms. The normalized spacial score (nSPS) is 12.0. The van der Waals surface area contributed by atoms with Gasteiger partial charge >= 0.3 is 0 Å². The van der Waals surface area contributed by atoms with Gasteiger partial charge in [-0.2, -0.15) is 0 Å². The molecule has 1 nitrogen and oxygen atoms in total. The fourth-order valence-electron chi connectivity index (χ4n) is 3.35. The van der Waals surface area contributed by atoms with Gasteiger partial charge in [0.2, 0.25) is 0 Å². The van der Waals surface area contributed by atoms with Gasteiger partial charge in [-0.3, -0.25) is 4.90 Å². The van der Waals surface area contributed by atoms with Crippen LogP contribution >= 0.6 is 11.6 Å². The summed E-state index contributed by atoms with van der Waals surface area (Å²) < 4.78 is 13.3. The molecule has 3 aromatic rings. The minimum atomic E-state index is -0.213. The number of benzene rings is 3. The van der Waals surface area contributed by atoms with Gasteiger partial charge in [0.25, 0.3) is 0 Å². The molecule has 0 radical (unpaired) electrons. The van der Waals surface area contributed by atoms with E-state index in [9.17, 15) is 4.39 Å². The maximum atomic E-state index is 13.3. The summed E-state index contributed by atoms with van der Waals surface area (Å²) in [7, 11) is 0. The summed E-state index contributed by atoms with van der Waals surface area (Å²) in [6.07, 6.45) is 2.26. The van der Waals surface area contributed by atoms with Crippen LogP contribution in [0.15, 0.2) is 91.0 Å². The van der Waals surface area contributed by atoms with Crippen molar-refractivity contribution in [2.75, 3.05) is 19.0 Å². The standard InChI is InChI=1S/C25H25ClFN/c1-20(21-12-14-24(27)15-13-21)28(19-17-26)18-16-25(22-8-4-2-5-9-22)23-10-6-3-7-11-23/h2-16,20H,17-19H2,1H3. The molecular weight excluding hydrogens is 369 g/mol. The zero-order chi connectivity index (χ0) is 19.8. The second kappa shape index (κ2) is 10.2. The third-order valence-corrected chi connectivity index (χ3v) is 5.14. The van der Waals surface area contributed by atoms with Gasteiger partial charge in [-0.1, -0.05) is 78.9 Å². The van der Waals surface area contributed by atoms with Crippen molar-refractivity contribution in [3.8, 4) is 0 Å². The maximum absolute atomic E-state index is 13.3. The van der Waals surface area contributed by atoms with E-state index in [1.54, 1.807) is 0 Å². The van der Waals surface area contributed by atoms with Crippen molar-refractivity contribution in [2.24, 2.45) is 0 Å². The molecule has 0 saturated heterocycles. The van der Waals surface area contributed by atoms with Gasteiger partial charge in [0, 0.05) is 25.0 Å². The minimum Gasteiger partial charge on any atom is -0.292 e. The fraction of sp³-hybridized carbons (Fsp3) is 0.200. The van der Waals surface area contributed by atoms with Crippen molar-refractivity contribution in [3.63, 3.8) is 0 Å². The Labute approximate surface area is 172 Å². The van der Waals surface area contributed by atoms with Gasteiger partial charge in [-0.05, 0) is 41.3 Å². The zero-order valence-electron chi connectivity index (χ0n) is 16.1. The summed E-state index contributed by atoms with van der Waals surface area (Å²) in [6, 6.07) is 27.7. The van der Waals surface area contributed by atoms with E-state index in [0.29, 0.717) is 5.88 Å². The molecule has 0 aliphatic rings. The summed E-state index contributed by atoms with van der Waals surface area (Å²) in [5.74, 6) is 0.334. The van der Waals surface area contributed by atoms with Gasteiger partial charge in [-0.25, -0.2) is 4.39 Å². The van der Waals surface area contributed by atoms with Crippen LogP contribution < -0.4 is 0 Å². The highest BCUT2D eigenvalue weighted by Gasteiger charge is 2.15. The molecule has 0 amide bonds. The van der Waals surface area contributed by atoms with Crippen LogP contribution in [0.5, 0.6) is 0 Å². The van der Waals surface area contributed by atoms with Crippen LogP contribution in [0.4, 0.5) is 4.39 Å². The van der Waals surface area contributed by atoms with E-state index >= 15 is 0 Å². The Morgan fingerprint density at radius 2 is 1.43 bits per heavy atom. The van der Waals surface area contributed by atoms with Crippen molar-refractivity contribution in [1.29, 1.82) is 0 Å². The Balaban J connectivity index is 1.89. The third kappa shape index (κ3) is 5.31. The van der Waals surface area contributed by atoms with Gasteiger partial charge in [-0.15, -0.1) is 11.6 Å². The Morgan fingerprint density at radius 3 is 1.93 bits per heavy atom. The van der Waals surface area contributed by atoms with Gasteiger partial charge < -0.3 is 0 Å². The van der Waals surface area contributed by atoms with Crippen LogP contribution in [-0.4, -0.2) is 23.9 Å². The average Bonchev–Trinajstić information content (AvgIpc) is 2.75. The maximum Gasteiger partial charge on any atom is 0.123 e. The molecule has 0 aromatic heterocycles. The summed E-state index contributed by atoms with van der Waals surface area (Å²) in [4.78, 5) is 2.31. The molecule has 0 spiro atoms. The van der Waals surface area contributed by atoms with Gasteiger partial charge in [0.1, 0.15) is 5.82 Å². The zero-order valence-corrected chi connectivity index (χ0v) is 16.8. The second-order valence-electron chi connectivity index (χ2n) is 6.76. The molecule has 0 aliphatic carbocycles. The molecule has 1 unspecified atom stereocenters. The number of halogens is 2. The number of alkyl halides is 1. The molecule has 1 atom stereocenters. The highest BCUT2D eigenvalue weighted by molar-refractivity contribution is 6.18. The minimum absolute atomic E-state index is 0.142. The summed E-state index contributed by atoms with van der Waals surface area (Å²) in [5, 5.41) is 0. The summed E-state index contributed by atoms with van der Waals surface area (Å²) in [5.41, 5.74) is 4.66. The number of nitrogens with zero attached hydrogens (tertiary/aromatic N) is 1. The van der Waals surface area contributed by atoms with Crippen molar-refractivity contribution in [2.45, 2.75) is 13.0 Å².